The normalized spacial score (nSPS) is 15.5. The highest BCUT2D eigenvalue weighted by molar-refractivity contribution is 7.11. The van der Waals surface area contributed by atoms with E-state index in [9.17, 15) is 0 Å². The molecule has 3 rings (SSSR count). The van der Waals surface area contributed by atoms with Crippen LogP contribution in [0.1, 0.15) is 33.6 Å². The fourth-order valence-corrected chi connectivity index (χ4v) is 4.52. The Hall–Kier alpha value is -1.96. The second-order valence-corrected chi connectivity index (χ2v) is 8.51. The lowest BCUT2D eigenvalue weighted by atomic mass is 10.1. The summed E-state index contributed by atoms with van der Waals surface area (Å²) in [5.74, 6) is 0.829. The molecule has 0 spiro atoms. The largest absolute Gasteiger partial charge is 0.379 e. The molecule has 2 N–H and O–H groups in total. The molecule has 0 bridgehead atoms. The van der Waals surface area contributed by atoms with E-state index in [4.69, 9.17) is 9.72 Å². The Kier molecular flexibility index (Phi) is 8.46. The van der Waals surface area contributed by atoms with Gasteiger partial charge in [-0.15, -0.1) is 11.3 Å². The molecule has 29 heavy (non-hydrogen) atoms. The fraction of sp³-hybridized carbons (Fsp3) is 0.545. The number of thiazole rings is 1. The Bertz CT molecular complexity index is 798. The Balaban J connectivity index is 1.48. The maximum atomic E-state index is 5.46. The average Bonchev–Trinajstić information content (AvgIpc) is 3.11. The van der Waals surface area contributed by atoms with E-state index in [0.717, 1.165) is 64.7 Å². The van der Waals surface area contributed by atoms with Crippen LogP contribution in [0.4, 0.5) is 0 Å². The highest BCUT2D eigenvalue weighted by atomic mass is 32.1. The first-order valence-corrected chi connectivity index (χ1v) is 11.3. The molecule has 0 aliphatic carbocycles. The lowest BCUT2D eigenvalue weighted by molar-refractivity contribution is 0.0341. The van der Waals surface area contributed by atoms with E-state index in [1.807, 2.05) is 7.05 Å². The van der Waals surface area contributed by atoms with Crippen molar-refractivity contribution in [3.8, 4) is 0 Å². The van der Waals surface area contributed by atoms with Gasteiger partial charge >= 0.3 is 0 Å². The number of rotatable bonds is 8. The molecular formula is C22H33N5OS. The predicted molar refractivity (Wildman–Crippen MR) is 121 cm³/mol. The number of aromatic nitrogens is 1. The van der Waals surface area contributed by atoms with Gasteiger partial charge in [-0.2, -0.15) is 0 Å². The Labute approximate surface area is 178 Å². The molecule has 1 fully saturated rings. The standard InChI is InChI=1S/C22H33N5OS/c1-4-20-17(2)29-21(26-20)9-10-24-22(23-3)25-15-18-7-5-6-8-19(18)16-27-11-13-28-14-12-27/h5-8H,4,9-16H2,1-3H3,(H2,23,24,25). The van der Waals surface area contributed by atoms with Gasteiger partial charge in [0, 0.05) is 51.1 Å². The molecular weight excluding hydrogens is 382 g/mol. The van der Waals surface area contributed by atoms with Gasteiger partial charge in [-0.05, 0) is 24.5 Å². The summed E-state index contributed by atoms with van der Waals surface area (Å²) in [4.78, 5) is 12.9. The van der Waals surface area contributed by atoms with Crippen molar-refractivity contribution in [3.63, 3.8) is 0 Å². The lowest BCUT2D eigenvalue weighted by Crippen LogP contribution is -2.38. The van der Waals surface area contributed by atoms with Gasteiger partial charge in [0.2, 0.25) is 0 Å². The number of aliphatic imine (C=N–C) groups is 1. The number of nitrogens with zero attached hydrogens (tertiary/aromatic N) is 3. The van der Waals surface area contributed by atoms with Crippen molar-refractivity contribution in [1.82, 2.24) is 20.5 Å². The van der Waals surface area contributed by atoms with Crippen LogP contribution in [0.2, 0.25) is 0 Å². The predicted octanol–water partition coefficient (Wildman–Crippen LogP) is 2.75. The van der Waals surface area contributed by atoms with Crippen LogP contribution in [0.5, 0.6) is 0 Å². The molecule has 0 unspecified atom stereocenters. The van der Waals surface area contributed by atoms with Crippen molar-refractivity contribution in [2.24, 2.45) is 4.99 Å². The van der Waals surface area contributed by atoms with Crippen molar-refractivity contribution in [2.45, 2.75) is 39.8 Å². The number of benzene rings is 1. The van der Waals surface area contributed by atoms with Crippen LogP contribution in [0.3, 0.4) is 0 Å². The van der Waals surface area contributed by atoms with Crippen LogP contribution in [0.25, 0.3) is 0 Å². The first kappa shape index (κ1) is 21.7. The summed E-state index contributed by atoms with van der Waals surface area (Å²) in [5.41, 5.74) is 3.90. The molecule has 0 saturated carbocycles. The highest BCUT2D eigenvalue weighted by Crippen LogP contribution is 2.18. The van der Waals surface area contributed by atoms with Gasteiger partial charge in [0.1, 0.15) is 0 Å². The summed E-state index contributed by atoms with van der Waals surface area (Å²) in [6.45, 7) is 10.5. The third-order valence-electron chi connectivity index (χ3n) is 5.19. The molecule has 0 radical (unpaired) electrons. The van der Waals surface area contributed by atoms with Gasteiger partial charge in [-0.1, -0.05) is 31.2 Å². The quantitative estimate of drug-likeness (QED) is 0.513. The maximum absolute atomic E-state index is 5.46. The third-order valence-corrected chi connectivity index (χ3v) is 6.26. The van der Waals surface area contributed by atoms with Gasteiger partial charge in [-0.25, -0.2) is 4.98 Å². The molecule has 2 aromatic rings. The molecule has 1 aromatic heterocycles. The number of guanidine groups is 1. The first-order chi connectivity index (χ1) is 14.2. The zero-order valence-electron chi connectivity index (χ0n) is 17.8. The van der Waals surface area contributed by atoms with Crippen LogP contribution < -0.4 is 10.6 Å². The van der Waals surface area contributed by atoms with Crippen molar-refractivity contribution in [3.05, 3.63) is 51.0 Å². The zero-order chi connectivity index (χ0) is 20.5. The minimum absolute atomic E-state index is 0.760. The fourth-order valence-electron chi connectivity index (χ4n) is 3.49. The number of morpholine rings is 1. The van der Waals surface area contributed by atoms with Crippen LogP contribution in [0.15, 0.2) is 29.3 Å². The monoisotopic (exact) mass is 415 g/mol. The number of hydrogen-bond donors (Lipinski definition) is 2. The van der Waals surface area contributed by atoms with Gasteiger partial charge in [0.25, 0.3) is 0 Å². The molecule has 1 saturated heterocycles. The summed E-state index contributed by atoms with van der Waals surface area (Å²) in [6.07, 6.45) is 1.92. The van der Waals surface area contributed by atoms with E-state index < -0.39 is 0 Å². The zero-order valence-corrected chi connectivity index (χ0v) is 18.6. The molecule has 1 aliphatic heterocycles. The average molecular weight is 416 g/mol. The van der Waals surface area contributed by atoms with E-state index >= 15 is 0 Å². The number of ether oxygens (including phenoxy) is 1. The van der Waals surface area contributed by atoms with Crippen LogP contribution in [-0.4, -0.2) is 55.7 Å². The summed E-state index contributed by atoms with van der Waals surface area (Å²) in [7, 11) is 1.82. The number of aryl methyl sites for hydroxylation is 2. The number of hydrogen-bond acceptors (Lipinski definition) is 5. The topological polar surface area (TPSA) is 61.8 Å². The molecule has 1 aromatic carbocycles. The summed E-state index contributed by atoms with van der Waals surface area (Å²) >= 11 is 1.80. The van der Waals surface area contributed by atoms with Gasteiger partial charge in [-0.3, -0.25) is 9.89 Å². The summed E-state index contributed by atoms with van der Waals surface area (Å²) in [6, 6.07) is 8.64. The van der Waals surface area contributed by atoms with Crippen molar-refractivity contribution >= 4 is 17.3 Å². The van der Waals surface area contributed by atoms with E-state index in [0.29, 0.717) is 0 Å². The summed E-state index contributed by atoms with van der Waals surface area (Å²) < 4.78 is 5.46. The van der Waals surface area contributed by atoms with E-state index in [1.54, 1.807) is 11.3 Å². The van der Waals surface area contributed by atoms with Crippen molar-refractivity contribution < 1.29 is 4.74 Å². The summed E-state index contributed by atoms with van der Waals surface area (Å²) in [5, 5.41) is 8.06. The SMILES string of the molecule is CCc1nc(CCNC(=NC)NCc2ccccc2CN2CCOCC2)sc1C. The molecule has 2 heterocycles. The Morgan fingerprint density at radius 2 is 1.97 bits per heavy atom. The van der Waals surface area contributed by atoms with Crippen LogP contribution in [0, 0.1) is 6.92 Å². The van der Waals surface area contributed by atoms with Gasteiger partial charge in [0.05, 0.1) is 23.9 Å². The van der Waals surface area contributed by atoms with Crippen molar-refractivity contribution in [2.75, 3.05) is 39.9 Å². The van der Waals surface area contributed by atoms with Crippen LogP contribution in [-0.2, 0) is 30.7 Å². The van der Waals surface area contributed by atoms with E-state index in [1.165, 1.54) is 26.7 Å². The molecule has 6 nitrogen and oxygen atoms in total. The third kappa shape index (κ3) is 6.52. The van der Waals surface area contributed by atoms with E-state index in [-0.39, 0.29) is 0 Å². The second kappa shape index (κ2) is 11.3. The smallest absolute Gasteiger partial charge is 0.191 e. The van der Waals surface area contributed by atoms with E-state index in [2.05, 4.69) is 58.6 Å². The minimum atomic E-state index is 0.760. The number of nitrogens with one attached hydrogen (secondary N) is 2. The van der Waals surface area contributed by atoms with Crippen LogP contribution >= 0.6 is 11.3 Å². The molecule has 0 atom stereocenters. The molecule has 0 amide bonds. The molecule has 7 heteroatoms. The van der Waals surface area contributed by atoms with Crippen molar-refractivity contribution in [1.29, 1.82) is 0 Å². The van der Waals surface area contributed by atoms with Gasteiger partial charge < -0.3 is 15.4 Å². The molecule has 158 valence electrons. The van der Waals surface area contributed by atoms with Gasteiger partial charge in [0.15, 0.2) is 5.96 Å². The lowest BCUT2D eigenvalue weighted by Gasteiger charge is -2.27. The Morgan fingerprint density at radius 1 is 1.21 bits per heavy atom. The second-order valence-electron chi connectivity index (χ2n) is 7.22. The first-order valence-electron chi connectivity index (χ1n) is 10.5. The highest BCUT2D eigenvalue weighted by Gasteiger charge is 2.13. The Morgan fingerprint density at radius 3 is 2.66 bits per heavy atom. The minimum Gasteiger partial charge on any atom is -0.379 e. The molecule has 1 aliphatic rings. The maximum Gasteiger partial charge on any atom is 0.191 e.